The summed E-state index contributed by atoms with van der Waals surface area (Å²) in [5, 5.41) is 0. The van der Waals surface area contributed by atoms with Gasteiger partial charge in [0.25, 0.3) is 0 Å². The predicted octanol–water partition coefficient (Wildman–Crippen LogP) is 1.39. The Bertz CT molecular complexity index is 201. The van der Waals surface area contributed by atoms with E-state index in [1.807, 2.05) is 0 Å². The minimum absolute atomic E-state index is 0.284. The lowest BCUT2D eigenvalue weighted by atomic mass is 9.87. The number of likely N-dealkylation sites (tertiary alicyclic amines) is 1. The van der Waals surface area contributed by atoms with Crippen LogP contribution in [0.1, 0.15) is 33.1 Å². The highest BCUT2D eigenvalue weighted by Crippen LogP contribution is 2.22. The molecule has 1 aliphatic heterocycles. The Balaban J connectivity index is 2.37. The minimum atomic E-state index is 0.284. The molecule has 96 valence electrons. The fourth-order valence-electron chi connectivity index (χ4n) is 2.61. The third kappa shape index (κ3) is 3.72. The second-order valence-corrected chi connectivity index (χ2v) is 5.84. The molecule has 0 aliphatic carbocycles. The maximum Gasteiger partial charge on any atom is 0.0220 e. The molecule has 1 heterocycles. The van der Waals surface area contributed by atoms with E-state index in [4.69, 9.17) is 5.73 Å². The Kier molecular flexibility index (Phi) is 5.22. The Morgan fingerprint density at radius 1 is 1.50 bits per heavy atom. The van der Waals surface area contributed by atoms with Gasteiger partial charge >= 0.3 is 0 Å². The molecule has 2 atom stereocenters. The average Bonchev–Trinajstić information content (AvgIpc) is 2.64. The first kappa shape index (κ1) is 13.9. The lowest BCUT2D eigenvalue weighted by Gasteiger charge is -2.34. The molecular weight excluding hydrogens is 198 g/mol. The van der Waals surface area contributed by atoms with E-state index in [2.05, 4.69) is 37.7 Å². The van der Waals surface area contributed by atoms with Crippen LogP contribution in [-0.4, -0.2) is 56.1 Å². The average molecular weight is 227 g/mol. The molecule has 1 rings (SSSR count). The molecule has 0 amide bonds. The molecule has 2 N–H and O–H groups in total. The number of hydrogen-bond acceptors (Lipinski definition) is 3. The molecule has 1 fully saturated rings. The van der Waals surface area contributed by atoms with E-state index in [-0.39, 0.29) is 5.41 Å². The lowest BCUT2D eigenvalue weighted by Crippen LogP contribution is -2.43. The van der Waals surface area contributed by atoms with Crippen molar-refractivity contribution in [1.29, 1.82) is 0 Å². The van der Waals surface area contributed by atoms with E-state index < -0.39 is 0 Å². The van der Waals surface area contributed by atoms with Crippen molar-refractivity contribution in [1.82, 2.24) is 9.80 Å². The van der Waals surface area contributed by atoms with Gasteiger partial charge in [-0.25, -0.2) is 0 Å². The quantitative estimate of drug-likeness (QED) is 0.744. The molecule has 0 bridgehead atoms. The van der Waals surface area contributed by atoms with Crippen molar-refractivity contribution in [2.24, 2.45) is 11.1 Å². The smallest absolute Gasteiger partial charge is 0.0220 e. The Labute approximate surface area is 101 Å². The Morgan fingerprint density at radius 2 is 2.19 bits per heavy atom. The van der Waals surface area contributed by atoms with Crippen LogP contribution in [0, 0.1) is 5.41 Å². The number of nitrogens with zero attached hydrogens (tertiary/aromatic N) is 2. The summed E-state index contributed by atoms with van der Waals surface area (Å²) in [6.45, 7) is 8.88. The number of hydrogen-bond donors (Lipinski definition) is 1. The van der Waals surface area contributed by atoms with Gasteiger partial charge in [-0.15, -0.1) is 0 Å². The molecule has 0 aromatic carbocycles. The van der Waals surface area contributed by atoms with Crippen molar-refractivity contribution in [2.75, 3.05) is 40.3 Å². The molecule has 16 heavy (non-hydrogen) atoms. The predicted molar refractivity (Wildman–Crippen MR) is 70.6 cm³/mol. The maximum atomic E-state index is 5.86. The molecule has 0 radical (unpaired) electrons. The molecule has 2 unspecified atom stereocenters. The summed E-state index contributed by atoms with van der Waals surface area (Å²) in [7, 11) is 4.48. The van der Waals surface area contributed by atoms with Gasteiger partial charge in [0.15, 0.2) is 0 Å². The molecule has 3 heteroatoms. The number of nitrogens with two attached hydrogens (primary N) is 1. The van der Waals surface area contributed by atoms with E-state index in [1.54, 1.807) is 0 Å². The summed E-state index contributed by atoms with van der Waals surface area (Å²) >= 11 is 0. The second kappa shape index (κ2) is 5.99. The molecule has 1 aliphatic rings. The molecule has 0 spiro atoms. The van der Waals surface area contributed by atoms with Crippen LogP contribution in [0.5, 0.6) is 0 Å². The summed E-state index contributed by atoms with van der Waals surface area (Å²) in [6, 6.07) is 0.754. The molecule has 1 saturated heterocycles. The standard InChI is InChI=1S/C13H29N3/c1-5-13(2,10-14)11-15(3)9-12-7-6-8-16(12)4/h12H,5-11,14H2,1-4H3. The molecule has 0 saturated carbocycles. The second-order valence-electron chi connectivity index (χ2n) is 5.84. The first-order valence-electron chi connectivity index (χ1n) is 6.59. The third-order valence-electron chi connectivity index (χ3n) is 4.19. The summed E-state index contributed by atoms with van der Waals surface area (Å²) in [5.41, 5.74) is 6.15. The van der Waals surface area contributed by atoms with Gasteiger partial charge in [0.05, 0.1) is 0 Å². The highest BCUT2D eigenvalue weighted by molar-refractivity contribution is 4.82. The van der Waals surface area contributed by atoms with Crippen molar-refractivity contribution in [3.8, 4) is 0 Å². The maximum absolute atomic E-state index is 5.86. The SMILES string of the molecule is CCC(C)(CN)CN(C)CC1CCCN1C. The Morgan fingerprint density at radius 3 is 2.62 bits per heavy atom. The fourth-order valence-corrected chi connectivity index (χ4v) is 2.61. The van der Waals surface area contributed by atoms with Gasteiger partial charge in [-0.3, -0.25) is 0 Å². The van der Waals surface area contributed by atoms with Crippen LogP contribution in [-0.2, 0) is 0 Å². The zero-order valence-electron chi connectivity index (χ0n) is 11.5. The monoisotopic (exact) mass is 227 g/mol. The lowest BCUT2D eigenvalue weighted by molar-refractivity contribution is 0.156. The van der Waals surface area contributed by atoms with Crippen LogP contribution in [0.4, 0.5) is 0 Å². The van der Waals surface area contributed by atoms with Crippen LogP contribution < -0.4 is 5.73 Å². The van der Waals surface area contributed by atoms with Gasteiger partial charge in [-0.2, -0.15) is 0 Å². The molecular formula is C13H29N3. The van der Waals surface area contributed by atoms with Crippen molar-refractivity contribution in [3.63, 3.8) is 0 Å². The molecule has 0 aromatic rings. The zero-order valence-corrected chi connectivity index (χ0v) is 11.5. The van der Waals surface area contributed by atoms with Crippen LogP contribution in [0.3, 0.4) is 0 Å². The van der Waals surface area contributed by atoms with Crippen molar-refractivity contribution in [2.45, 2.75) is 39.2 Å². The minimum Gasteiger partial charge on any atom is -0.330 e. The van der Waals surface area contributed by atoms with Crippen LogP contribution in [0.15, 0.2) is 0 Å². The van der Waals surface area contributed by atoms with E-state index >= 15 is 0 Å². The topological polar surface area (TPSA) is 32.5 Å². The molecule has 0 aromatic heterocycles. The van der Waals surface area contributed by atoms with Crippen molar-refractivity contribution >= 4 is 0 Å². The van der Waals surface area contributed by atoms with Crippen LogP contribution in [0.25, 0.3) is 0 Å². The summed E-state index contributed by atoms with van der Waals surface area (Å²) in [4.78, 5) is 4.95. The van der Waals surface area contributed by atoms with Gasteiger partial charge in [-0.05, 0) is 51.9 Å². The van der Waals surface area contributed by atoms with Gasteiger partial charge < -0.3 is 15.5 Å². The fraction of sp³-hybridized carbons (Fsp3) is 1.00. The first-order chi connectivity index (χ1) is 7.50. The third-order valence-corrected chi connectivity index (χ3v) is 4.19. The highest BCUT2D eigenvalue weighted by atomic mass is 15.2. The first-order valence-corrected chi connectivity index (χ1v) is 6.59. The summed E-state index contributed by atoms with van der Waals surface area (Å²) < 4.78 is 0. The highest BCUT2D eigenvalue weighted by Gasteiger charge is 2.26. The van der Waals surface area contributed by atoms with E-state index in [0.717, 1.165) is 25.6 Å². The van der Waals surface area contributed by atoms with E-state index in [1.165, 1.54) is 25.9 Å². The number of rotatable bonds is 6. The summed E-state index contributed by atoms with van der Waals surface area (Å²) in [5.74, 6) is 0. The molecule has 3 nitrogen and oxygen atoms in total. The van der Waals surface area contributed by atoms with Crippen molar-refractivity contribution in [3.05, 3.63) is 0 Å². The van der Waals surface area contributed by atoms with Gasteiger partial charge in [0.1, 0.15) is 0 Å². The normalized spacial score (nSPS) is 26.2. The Hall–Kier alpha value is -0.120. The largest absolute Gasteiger partial charge is 0.330 e. The number of likely N-dealkylation sites (N-methyl/N-ethyl adjacent to an activating group) is 2. The van der Waals surface area contributed by atoms with Gasteiger partial charge in [0, 0.05) is 19.1 Å². The van der Waals surface area contributed by atoms with Crippen molar-refractivity contribution < 1.29 is 0 Å². The zero-order chi connectivity index (χ0) is 12.2. The van der Waals surface area contributed by atoms with Crippen LogP contribution >= 0.6 is 0 Å². The van der Waals surface area contributed by atoms with E-state index in [0.29, 0.717) is 0 Å². The van der Waals surface area contributed by atoms with Gasteiger partial charge in [0.2, 0.25) is 0 Å². The van der Waals surface area contributed by atoms with E-state index in [9.17, 15) is 0 Å². The summed E-state index contributed by atoms with van der Waals surface area (Å²) in [6.07, 6.45) is 3.87. The van der Waals surface area contributed by atoms with Gasteiger partial charge in [-0.1, -0.05) is 13.8 Å². The van der Waals surface area contributed by atoms with Crippen LogP contribution in [0.2, 0.25) is 0 Å².